The number of halogens is 1. The van der Waals surface area contributed by atoms with E-state index in [4.69, 9.17) is 21.1 Å². The summed E-state index contributed by atoms with van der Waals surface area (Å²) in [6.45, 7) is 0.455. The summed E-state index contributed by atoms with van der Waals surface area (Å²) in [5.74, 6) is -0.0938. The lowest BCUT2D eigenvalue weighted by atomic mass is 9.99. The number of fused-ring (bicyclic) bond motifs is 1. The number of rotatable bonds is 6. The zero-order valence-electron chi connectivity index (χ0n) is 18.0. The molecule has 176 valence electrons. The van der Waals surface area contributed by atoms with Crippen LogP contribution in [0.15, 0.2) is 41.3 Å². The minimum atomic E-state index is -3.97. The van der Waals surface area contributed by atoms with Crippen molar-refractivity contribution in [3.8, 4) is 11.5 Å². The fourth-order valence-electron chi connectivity index (χ4n) is 3.91. The van der Waals surface area contributed by atoms with Gasteiger partial charge in [0.05, 0.1) is 23.7 Å². The molecule has 2 aliphatic rings. The molecule has 0 unspecified atom stereocenters. The summed E-state index contributed by atoms with van der Waals surface area (Å²) in [4.78, 5) is 24.2. The number of ether oxygens (including phenoxy) is 2. The Morgan fingerprint density at radius 2 is 2.15 bits per heavy atom. The molecule has 0 spiro atoms. The highest BCUT2D eigenvalue weighted by atomic mass is 35.5. The number of nitrogens with zero attached hydrogens (tertiary/aromatic N) is 1. The molecule has 0 aromatic heterocycles. The van der Waals surface area contributed by atoms with E-state index in [0.29, 0.717) is 30.8 Å². The van der Waals surface area contributed by atoms with Gasteiger partial charge in [-0.25, -0.2) is 8.42 Å². The van der Waals surface area contributed by atoms with Gasteiger partial charge in [0, 0.05) is 25.7 Å². The van der Waals surface area contributed by atoms with Gasteiger partial charge in [0.1, 0.15) is 16.4 Å². The Bertz CT molecular complexity index is 1190. The molecule has 33 heavy (non-hydrogen) atoms. The Hall–Kier alpha value is -2.82. The Labute approximate surface area is 197 Å². The topological polar surface area (TPSA) is 114 Å². The lowest BCUT2D eigenvalue weighted by Crippen LogP contribution is -2.45. The summed E-state index contributed by atoms with van der Waals surface area (Å²) in [6.07, 6.45) is 1.13. The summed E-state index contributed by atoms with van der Waals surface area (Å²) in [7, 11) is -2.39. The van der Waals surface area contributed by atoms with E-state index in [1.165, 1.54) is 16.4 Å². The van der Waals surface area contributed by atoms with Crippen LogP contribution in [0, 0.1) is 5.92 Å². The smallest absolute Gasteiger partial charge is 0.262 e. The Morgan fingerprint density at radius 1 is 1.33 bits per heavy atom. The van der Waals surface area contributed by atoms with Crippen molar-refractivity contribution in [3.05, 3.63) is 47.0 Å². The van der Waals surface area contributed by atoms with E-state index in [2.05, 4.69) is 10.6 Å². The van der Waals surface area contributed by atoms with E-state index < -0.39 is 15.9 Å². The first-order valence-electron chi connectivity index (χ1n) is 10.4. The summed E-state index contributed by atoms with van der Waals surface area (Å²) in [5.41, 5.74) is 1.21. The van der Waals surface area contributed by atoms with E-state index in [1.54, 1.807) is 7.11 Å². The van der Waals surface area contributed by atoms with Gasteiger partial charge in [0.2, 0.25) is 15.9 Å². The van der Waals surface area contributed by atoms with Gasteiger partial charge >= 0.3 is 0 Å². The molecule has 1 saturated heterocycles. The van der Waals surface area contributed by atoms with Gasteiger partial charge in [-0.15, -0.1) is 0 Å². The second kappa shape index (κ2) is 9.58. The number of nitrogens with one attached hydrogen (secondary N) is 2. The second-order valence-corrected chi connectivity index (χ2v) is 10.2. The normalized spacial score (nSPS) is 18.6. The molecule has 2 heterocycles. The molecule has 2 aliphatic heterocycles. The Kier molecular flexibility index (Phi) is 6.78. The molecule has 0 aliphatic carbocycles. The van der Waals surface area contributed by atoms with Crippen LogP contribution in [0.3, 0.4) is 0 Å². The van der Waals surface area contributed by atoms with E-state index >= 15 is 0 Å². The summed E-state index contributed by atoms with van der Waals surface area (Å²) in [6, 6.07) is 10.1. The molecule has 2 amide bonds. The van der Waals surface area contributed by atoms with Crippen molar-refractivity contribution in [2.45, 2.75) is 24.3 Å². The van der Waals surface area contributed by atoms with E-state index in [0.717, 1.165) is 5.56 Å². The monoisotopic (exact) mass is 493 g/mol. The quantitative estimate of drug-likeness (QED) is 0.638. The highest BCUT2D eigenvalue weighted by Gasteiger charge is 2.35. The SMILES string of the molecule is COc1cccc(CNC(=O)[C@@H]2CCCN(S(=O)(=O)c3cc4c(cc3Cl)NC(=O)CO4)C2)c1. The number of hydrogen-bond donors (Lipinski definition) is 2. The van der Waals surface area contributed by atoms with Crippen LogP contribution in [-0.4, -0.2) is 51.3 Å². The maximum Gasteiger partial charge on any atom is 0.262 e. The highest BCUT2D eigenvalue weighted by Crippen LogP contribution is 2.37. The average molecular weight is 494 g/mol. The minimum Gasteiger partial charge on any atom is -0.497 e. The predicted molar refractivity (Wildman–Crippen MR) is 122 cm³/mol. The largest absolute Gasteiger partial charge is 0.497 e. The number of amides is 2. The molecular weight excluding hydrogens is 470 g/mol. The molecule has 0 bridgehead atoms. The van der Waals surface area contributed by atoms with Crippen LogP contribution in [0.2, 0.25) is 5.02 Å². The van der Waals surface area contributed by atoms with E-state index in [1.807, 2.05) is 24.3 Å². The molecule has 11 heteroatoms. The molecule has 1 fully saturated rings. The Morgan fingerprint density at radius 3 is 2.94 bits per heavy atom. The van der Waals surface area contributed by atoms with Crippen molar-refractivity contribution in [2.24, 2.45) is 5.92 Å². The summed E-state index contributed by atoms with van der Waals surface area (Å²) < 4.78 is 38.5. The van der Waals surface area contributed by atoms with Gasteiger partial charge in [-0.2, -0.15) is 4.31 Å². The van der Waals surface area contributed by atoms with Crippen LogP contribution < -0.4 is 20.1 Å². The van der Waals surface area contributed by atoms with E-state index in [9.17, 15) is 18.0 Å². The zero-order chi connectivity index (χ0) is 23.6. The number of piperidine rings is 1. The molecule has 2 N–H and O–H groups in total. The van der Waals surface area contributed by atoms with Crippen molar-refractivity contribution in [1.29, 1.82) is 0 Å². The fraction of sp³-hybridized carbons (Fsp3) is 0.364. The average Bonchev–Trinajstić information content (AvgIpc) is 2.82. The van der Waals surface area contributed by atoms with E-state index in [-0.39, 0.29) is 47.2 Å². The van der Waals surface area contributed by atoms with Crippen LogP contribution in [0.5, 0.6) is 11.5 Å². The lowest BCUT2D eigenvalue weighted by molar-refractivity contribution is -0.126. The van der Waals surface area contributed by atoms with Crippen LogP contribution in [-0.2, 0) is 26.2 Å². The second-order valence-electron chi connectivity index (χ2n) is 7.89. The van der Waals surface area contributed by atoms with Gasteiger partial charge in [-0.05, 0) is 36.6 Å². The third-order valence-electron chi connectivity index (χ3n) is 5.64. The van der Waals surface area contributed by atoms with Crippen molar-refractivity contribution in [2.75, 3.05) is 32.1 Å². The summed E-state index contributed by atoms with van der Waals surface area (Å²) >= 11 is 6.25. The predicted octanol–water partition coefficient (Wildman–Crippen LogP) is 2.40. The minimum absolute atomic E-state index is 0.0239. The van der Waals surface area contributed by atoms with Crippen LogP contribution in [0.1, 0.15) is 18.4 Å². The standard InChI is InChI=1S/C22H24ClN3O6S/c1-31-16-6-2-4-14(8-16)11-24-22(28)15-5-3-7-26(12-15)33(29,30)20-10-19-18(9-17(20)23)25-21(27)13-32-19/h2,4,6,8-10,15H,3,5,7,11-13H2,1H3,(H,24,28)(H,25,27)/t15-/m1/s1. The van der Waals surface area contributed by atoms with Crippen LogP contribution in [0.4, 0.5) is 5.69 Å². The molecule has 1 atom stereocenters. The first kappa shape index (κ1) is 23.3. The van der Waals surface area contributed by atoms with Crippen molar-refractivity contribution < 1.29 is 27.5 Å². The summed E-state index contributed by atoms with van der Waals surface area (Å²) in [5, 5.41) is 5.46. The number of carbonyl (C=O) groups excluding carboxylic acids is 2. The number of carbonyl (C=O) groups is 2. The van der Waals surface area contributed by atoms with Crippen LogP contribution >= 0.6 is 11.6 Å². The van der Waals surface area contributed by atoms with Gasteiger partial charge in [-0.3, -0.25) is 9.59 Å². The molecule has 0 radical (unpaired) electrons. The Balaban J connectivity index is 1.46. The highest BCUT2D eigenvalue weighted by molar-refractivity contribution is 7.89. The molecule has 0 saturated carbocycles. The van der Waals surface area contributed by atoms with Gasteiger partial charge in [-0.1, -0.05) is 23.7 Å². The molecular formula is C22H24ClN3O6S. The third-order valence-corrected chi connectivity index (χ3v) is 7.97. The van der Waals surface area contributed by atoms with Gasteiger partial charge in [0.25, 0.3) is 5.91 Å². The van der Waals surface area contributed by atoms with Crippen LogP contribution in [0.25, 0.3) is 0 Å². The maximum atomic E-state index is 13.3. The molecule has 9 nitrogen and oxygen atoms in total. The number of methoxy groups -OCH3 is 1. The zero-order valence-corrected chi connectivity index (χ0v) is 19.5. The number of sulfonamides is 1. The first-order chi connectivity index (χ1) is 15.8. The van der Waals surface area contributed by atoms with Crippen molar-refractivity contribution in [3.63, 3.8) is 0 Å². The number of hydrogen-bond acceptors (Lipinski definition) is 6. The molecule has 2 aromatic carbocycles. The number of anilines is 1. The molecule has 2 aromatic rings. The van der Waals surface area contributed by atoms with Gasteiger partial charge in [0.15, 0.2) is 6.61 Å². The van der Waals surface area contributed by atoms with Crippen molar-refractivity contribution >= 4 is 39.1 Å². The third kappa shape index (κ3) is 5.07. The number of benzene rings is 2. The first-order valence-corrected chi connectivity index (χ1v) is 12.3. The lowest BCUT2D eigenvalue weighted by Gasteiger charge is -2.31. The fourth-order valence-corrected chi connectivity index (χ4v) is 5.95. The molecule has 4 rings (SSSR count). The maximum absolute atomic E-state index is 13.3. The van der Waals surface area contributed by atoms with Gasteiger partial charge < -0.3 is 20.1 Å². The van der Waals surface area contributed by atoms with Crippen molar-refractivity contribution in [1.82, 2.24) is 9.62 Å².